The first-order valence-corrected chi connectivity index (χ1v) is 9.05. The van der Waals surface area contributed by atoms with Crippen LogP contribution in [0.1, 0.15) is 63.3 Å². The zero-order valence-electron chi connectivity index (χ0n) is 14.6. The van der Waals surface area contributed by atoms with Crippen molar-refractivity contribution < 1.29 is 4.52 Å². The Hall–Kier alpha value is -1.52. The van der Waals surface area contributed by atoms with E-state index in [4.69, 9.17) is 4.52 Å². The molecule has 2 aliphatic rings. The summed E-state index contributed by atoms with van der Waals surface area (Å²) in [5, 5.41) is 10.8. The third-order valence-electron chi connectivity index (χ3n) is 5.51. The number of rotatable bonds is 6. The number of hydrogen-bond donors (Lipinski definition) is 2. The summed E-state index contributed by atoms with van der Waals surface area (Å²) in [6.45, 7) is 5.85. The van der Waals surface area contributed by atoms with E-state index in [1.54, 1.807) is 0 Å². The Kier molecular flexibility index (Phi) is 5.23. The molecule has 3 atom stereocenters. The first kappa shape index (κ1) is 16.3. The summed E-state index contributed by atoms with van der Waals surface area (Å²) in [6.07, 6.45) is 7.15. The molecule has 0 amide bonds. The molecule has 2 saturated carbocycles. The van der Waals surface area contributed by atoms with Crippen molar-refractivity contribution in [1.29, 1.82) is 0 Å². The summed E-state index contributed by atoms with van der Waals surface area (Å²) >= 11 is 0. The maximum atomic E-state index is 5.34. The van der Waals surface area contributed by atoms with E-state index in [1.807, 2.05) is 13.1 Å². The number of nitrogens with one attached hydrogen (secondary N) is 2. The lowest BCUT2D eigenvalue weighted by Crippen LogP contribution is -2.38. The van der Waals surface area contributed by atoms with Gasteiger partial charge in [0.15, 0.2) is 11.7 Å². The number of nitrogens with zero attached hydrogens (tertiary/aromatic N) is 2. The molecule has 1 aromatic heterocycles. The van der Waals surface area contributed by atoms with E-state index in [9.17, 15) is 0 Å². The average Bonchev–Trinajstić information content (AvgIpc) is 3.26. The first-order valence-electron chi connectivity index (χ1n) is 9.05. The summed E-state index contributed by atoms with van der Waals surface area (Å²) in [4.78, 5) is 4.29. The molecule has 2 aliphatic carbocycles. The van der Waals surface area contributed by atoms with Gasteiger partial charge >= 0.3 is 0 Å². The molecular formula is C18H30N4O. The Morgan fingerprint density at radius 2 is 2.22 bits per heavy atom. The third-order valence-corrected chi connectivity index (χ3v) is 5.51. The molecule has 5 nitrogen and oxygen atoms in total. The van der Waals surface area contributed by atoms with Gasteiger partial charge < -0.3 is 15.2 Å². The van der Waals surface area contributed by atoms with Gasteiger partial charge in [-0.25, -0.2) is 0 Å². The Morgan fingerprint density at radius 3 is 2.83 bits per heavy atom. The van der Waals surface area contributed by atoms with E-state index in [2.05, 4.69) is 34.6 Å². The number of fused-ring (bicyclic) bond motifs is 2. The number of aromatic nitrogens is 1. The molecule has 1 heterocycles. The lowest BCUT2D eigenvalue weighted by Gasteiger charge is -2.22. The number of guanidine groups is 1. The zero-order valence-corrected chi connectivity index (χ0v) is 14.6. The maximum Gasteiger partial charge on any atom is 0.191 e. The molecule has 5 heteroatoms. The minimum Gasteiger partial charge on any atom is -0.359 e. The molecule has 2 bridgehead atoms. The van der Waals surface area contributed by atoms with Gasteiger partial charge in [-0.15, -0.1) is 0 Å². The largest absolute Gasteiger partial charge is 0.359 e. The van der Waals surface area contributed by atoms with Crippen molar-refractivity contribution in [2.75, 3.05) is 13.6 Å². The molecule has 0 saturated heterocycles. The van der Waals surface area contributed by atoms with Gasteiger partial charge in [0.1, 0.15) is 0 Å². The van der Waals surface area contributed by atoms with Crippen LogP contribution in [0.3, 0.4) is 0 Å². The van der Waals surface area contributed by atoms with Crippen LogP contribution in [0, 0.1) is 17.8 Å². The molecule has 3 rings (SSSR count). The normalized spacial score (nSPS) is 27.0. The second-order valence-corrected chi connectivity index (χ2v) is 7.45. The van der Waals surface area contributed by atoms with Gasteiger partial charge in [-0.1, -0.05) is 25.4 Å². The Balaban J connectivity index is 1.38. The van der Waals surface area contributed by atoms with Gasteiger partial charge in [0.2, 0.25) is 0 Å². The highest BCUT2D eigenvalue weighted by atomic mass is 16.5. The van der Waals surface area contributed by atoms with Crippen LogP contribution in [0.2, 0.25) is 0 Å². The van der Waals surface area contributed by atoms with Crippen LogP contribution in [-0.4, -0.2) is 24.7 Å². The fraction of sp³-hybridized carbons (Fsp3) is 0.778. The van der Waals surface area contributed by atoms with Crippen LogP contribution in [0.5, 0.6) is 0 Å². The monoisotopic (exact) mass is 318 g/mol. The summed E-state index contributed by atoms with van der Waals surface area (Å²) in [5.74, 6) is 5.05. The zero-order chi connectivity index (χ0) is 16.2. The molecule has 3 unspecified atom stereocenters. The Morgan fingerprint density at radius 1 is 1.35 bits per heavy atom. The molecule has 1 aromatic rings. The van der Waals surface area contributed by atoms with E-state index >= 15 is 0 Å². The minimum absolute atomic E-state index is 0.395. The maximum absolute atomic E-state index is 5.34. The molecule has 2 fully saturated rings. The average molecular weight is 318 g/mol. The van der Waals surface area contributed by atoms with Gasteiger partial charge in [-0.05, 0) is 49.4 Å². The van der Waals surface area contributed by atoms with Crippen molar-refractivity contribution >= 4 is 5.96 Å². The molecule has 0 spiro atoms. The molecular weight excluding hydrogens is 288 g/mol. The highest BCUT2D eigenvalue weighted by Gasteiger charge is 2.38. The Labute approximate surface area is 139 Å². The van der Waals surface area contributed by atoms with Crippen LogP contribution in [0.25, 0.3) is 0 Å². The third kappa shape index (κ3) is 4.06. The highest BCUT2D eigenvalue weighted by molar-refractivity contribution is 5.79. The highest BCUT2D eigenvalue weighted by Crippen LogP contribution is 2.49. The first-order chi connectivity index (χ1) is 11.2. The van der Waals surface area contributed by atoms with Crippen LogP contribution in [0.4, 0.5) is 0 Å². The van der Waals surface area contributed by atoms with Crippen molar-refractivity contribution in [1.82, 2.24) is 15.8 Å². The van der Waals surface area contributed by atoms with Crippen LogP contribution >= 0.6 is 0 Å². The van der Waals surface area contributed by atoms with E-state index in [0.717, 1.165) is 41.7 Å². The minimum atomic E-state index is 0.395. The van der Waals surface area contributed by atoms with E-state index in [1.165, 1.54) is 32.1 Å². The standard InChI is InChI=1S/C18H30N4O/c1-12(2)17-10-16(23-22-17)11-21-18(19-3)20-7-6-15-9-13-4-5-14(15)8-13/h10,12-15H,4-9,11H2,1-3H3,(H2,19,20,21). The van der Waals surface area contributed by atoms with Gasteiger partial charge in [0.05, 0.1) is 12.2 Å². The lowest BCUT2D eigenvalue weighted by molar-refractivity contribution is 0.315. The second kappa shape index (κ2) is 7.37. The predicted molar refractivity (Wildman–Crippen MR) is 92.3 cm³/mol. The van der Waals surface area contributed by atoms with Gasteiger partial charge in [-0.3, -0.25) is 4.99 Å². The SMILES string of the molecule is CN=C(NCCC1CC2CCC1C2)NCc1cc(C(C)C)no1. The van der Waals surface area contributed by atoms with Gasteiger partial charge in [-0.2, -0.15) is 0 Å². The van der Waals surface area contributed by atoms with Gasteiger partial charge in [0, 0.05) is 19.7 Å². The van der Waals surface area contributed by atoms with Crippen LogP contribution in [0.15, 0.2) is 15.6 Å². The summed E-state index contributed by atoms with van der Waals surface area (Å²) in [6, 6.07) is 2.01. The fourth-order valence-corrected chi connectivity index (χ4v) is 4.18. The van der Waals surface area contributed by atoms with Gasteiger partial charge in [0.25, 0.3) is 0 Å². The molecule has 0 radical (unpaired) electrons. The van der Waals surface area contributed by atoms with Crippen molar-refractivity contribution in [3.8, 4) is 0 Å². The summed E-state index contributed by atoms with van der Waals surface area (Å²) < 4.78 is 5.34. The molecule has 2 N–H and O–H groups in total. The summed E-state index contributed by atoms with van der Waals surface area (Å²) in [7, 11) is 1.81. The van der Waals surface area contributed by atoms with Crippen molar-refractivity contribution in [2.45, 2.75) is 58.4 Å². The van der Waals surface area contributed by atoms with E-state index in [0.29, 0.717) is 12.5 Å². The van der Waals surface area contributed by atoms with E-state index in [-0.39, 0.29) is 0 Å². The van der Waals surface area contributed by atoms with Crippen molar-refractivity contribution in [3.05, 3.63) is 17.5 Å². The lowest BCUT2D eigenvalue weighted by atomic mass is 9.86. The second-order valence-electron chi connectivity index (χ2n) is 7.45. The fourth-order valence-electron chi connectivity index (χ4n) is 4.18. The number of aliphatic imine (C=N–C) groups is 1. The molecule has 128 valence electrons. The topological polar surface area (TPSA) is 62.5 Å². The van der Waals surface area contributed by atoms with Crippen LogP contribution in [-0.2, 0) is 6.54 Å². The molecule has 23 heavy (non-hydrogen) atoms. The van der Waals surface area contributed by atoms with Crippen LogP contribution < -0.4 is 10.6 Å². The van der Waals surface area contributed by atoms with E-state index < -0.39 is 0 Å². The Bertz CT molecular complexity index is 537. The number of hydrogen-bond acceptors (Lipinski definition) is 3. The predicted octanol–water partition coefficient (Wildman–Crippen LogP) is 3.29. The van der Waals surface area contributed by atoms with Crippen molar-refractivity contribution in [3.63, 3.8) is 0 Å². The molecule has 0 aromatic carbocycles. The molecule has 0 aliphatic heterocycles. The van der Waals surface area contributed by atoms with Crippen molar-refractivity contribution in [2.24, 2.45) is 22.7 Å². The summed E-state index contributed by atoms with van der Waals surface area (Å²) in [5.41, 5.74) is 1.00. The smallest absolute Gasteiger partial charge is 0.191 e. The quantitative estimate of drug-likeness (QED) is 0.624.